The van der Waals surface area contributed by atoms with Crippen LogP contribution in [-0.2, 0) is 6.54 Å². The number of anilines is 2. The summed E-state index contributed by atoms with van der Waals surface area (Å²) in [6, 6.07) is 18.6. The Morgan fingerprint density at radius 1 is 1.06 bits per heavy atom. The molecule has 172 valence electrons. The summed E-state index contributed by atoms with van der Waals surface area (Å²) in [6.45, 7) is 5.01. The number of nitriles is 2. The second-order valence-corrected chi connectivity index (χ2v) is 8.40. The van der Waals surface area contributed by atoms with Crippen molar-refractivity contribution in [3.05, 3.63) is 76.1 Å². The average Bonchev–Trinajstić information content (AvgIpc) is 3.25. The maximum atomic E-state index is 9.79. The van der Waals surface area contributed by atoms with E-state index in [2.05, 4.69) is 33.0 Å². The summed E-state index contributed by atoms with van der Waals surface area (Å²) < 4.78 is 0. The molecule has 3 aromatic rings. The number of fused-ring (bicyclic) bond motifs is 1. The van der Waals surface area contributed by atoms with Gasteiger partial charge < -0.3 is 20.6 Å². The van der Waals surface area contributed by atoms with Crippen molar-refractivity contribution in [2.45, 2.75) is 26.3 Å². The molecule has 0 unspecified atom stereocenters. The largest absolute Gasteiger partial charge is 0.395 e. The number of rotatable bonds is 7. The minimum atomic E-state index is -0.410. The van der Waals surface area contributed by atoms with Gasteiger partial charge >= 0.3 is 0 Å². The molecule has 1 aliphatic heterocycles. The molecular formula is C26H27N7O. The fourth-order valence-electron chi connectivity index (χ4n) is 4.30. The van der Waals surface area contributed by atoms with Crippen LogP contribution < -0.4 is 15.5 Å². The van der Waals surface area contributed by atoms with Gasteiger partial charge in [-0.1, -0.05) is 18.2 Å². The number of allylic oxidation sites excluding steroid dienone is 4. The predicted octanol–water partition coefficient (Wildman–Crippen LogP) is 3.89. The van der Waals surface area contributed by atoms with Crippen LogP contribution in [0.1, 0.15) is 30.9 Å². The SMILES string of the molecule is CC1=C(C#N)C(c2ccc3[nH]nc(NCc4ccc(N(C)CCO)cc4)c3c2)C(C#N)=C(C)N1. The summed E-state index contributed by atoms with van der Waals surface area (Å²) >= 11 is 0. The minimum absolute atomic E-state index is 0.113. The van der Waals surface area contributed by atoms with E-state index in [1.54, 1.807) is 0 Å². The van der Waals surface area contributed by atoms with Gasteiger partial charge in [0.2, 0.25) is 0 Å². The molecular weight excluding hydrogens is 426 g/mol. The third-order valence-corrected chi connectivity index (χ3v) is 6.19. The maximum absolute atomic E-state index is 9.79. The van der Waals surface area contributed by atoms with Gasteiger partial charge in [0.25, 0.3) is 0 Å². The van der Waals surface area contributed by atoms with E-state index in [1.807, 2.05) is 68.3 Å². The van der Waals surface area contributed by atoms with Crippen molar-refractivity contribution in [2.24, 2.45) is 0 Å². The highest BCUT2D eigenvalue weighted by molar-refractivity contribution is 5.90. The first-order valence-electron chi connectivity index (χ1n) is 11.1. The highest BCUT2D eigenvalue weighted by atomic mass is 16.3. The second-order valence-electron chi connectivity index (χ2n) is 8.40. The zero-order valence-electron chi connectivity index (χ0n) is 19.5. The van der Waals surface area contributed by atoms with E-state index >= 15 is 0 Å². The lowest BCUT2D eigenvalue weighted by Crippen LogP contribution is -2.23. The predicted molar refractivity (Wildman–Crippen MR) is 133 cm³/mol. The highest BCUT2D eigenvalue weighted by Crippen LogP contribution is 2.38. The molecule has 2 heterocycles. The molecule has 4 rings (SSSR count). The van der Waals surface area contributed by atoms with Crippen molar-refractivity contribution in [3.63, 3.8) is 0 Å². The number of nitrogens with one attached hydrogen (secondary N) is 3. The summed E-state index contributed by atoms with van der Waals surface area (Å²) in [4.78, 5) is 2.00. The Bertz CT molecular complexity index is 1320. The Morgan fingerprint density at radius 3 is 2.35 bits per heavy atom. The monoisotopic (exact) mass is 453 g/mol. The molecule has 1 aromatic heterocycles. The number of hydrogen-bond acceptors (Lipinski definition) is 7. The summed E-state index contributed by atoms with van der Waals surface area (Å²) in [6.07, 6.45) is 0. The lowest BCUT2D eigenvalue weighted by atomic mass is 9.81. The molecule has 0 radical (unpaired) electrons. The number of benzene rings is 2. The van der Waals surface area contributed by atoms with Crippen molar-refractivity contribution in [2.75, 3.05) is 30.4 Å². The number of aliphatic hydroxyl groups is 1. The van der Waals surface area contributed by atoms with Gasteiger partial charge in [-0.2, -0.15) is 15.6 Å². The molecule has 8 nitrogen and oxygen atoms in total. The summed E-state index contributed by atoms with van der Waals surface area (Å²) in [5, 5.41) is 43.6. The highest BCUT2D eigenvalue weighted by Gasteiger charge is 2.29. The van der Waals surface area contributed by atoms with Gasteiger partial charge in [0.1, 0.15) is 0 Å². The number of hydrogen-bond donors (Lipinski definition) is 4. The topological polar surface area (TPSA) is 124 Å². The molecule has 0 saturated carbocycles. The number of aromatic amines is 1. The van der Waals surface area contributed by atoms with Crippen LogP contribution in [0.4, 0.5) is 11.5 Å². The molecule has 0 bridgehead atoms. The Hall–Kier alpha value is -4.27. The third kappa shape index (κ3) is 4.32. The molecule has 0 fully saturated rings. The van der Waals surface area contributed by atoms with Crippen LogP contribution in [0.5, 0.6) is 0 Å². The van der Waals surface area contributed by atoms with Gasteiger partial charge in [-0.05, 0) is 49.2 Å². The van der Waals surface area contributed by atoms with E-state index in [4.69, 9.17) is 5.11 Å². The van der Waals surface area contributed by atoms with Crippen LogP contribution in [0.25, 0.3) is 10.9 Å². The van der Waals surface area contributed by atoms with E-state index in [-0.39, 0.29) is 6.61 Å². The number of aromatic nitrogens is 2. The fraction of sp³-hybridized carbons (Fsp3) is 0.269. The number of likely N-dealkylation sites (N-methyl/N-ethyl adjacent to an activating group) is 1. The zero-order valence-corrected chi connectivity index (χ0v) is 19.5. The maximum Gasteiger partial charge on any atom is 0.156 e. The van der Waals surface area contributed by atoms with Gasteiger partial charge in [-0.15, -0.1) is 0 Å². The normalized spacial score (nSPS) is 14.1. The van der Waals surface area contributed by atoms with Crippen LogP contribution in [0.3, 0.4) is 0 Å². The Balaban J connectivity index is 1.60. The first-order valence-corrected chi connectivity index (χ1v) is 11.1. The fourth-order valence-corrected chi connectivity index (χ4v) is 4.30. The molecule has 34 heavy (non-hydrogen) atoms. The van der Waals surface area contributed by atoms with E-state index in [0.717, 1.165) is 39.1 Å². The average molecular weight is 454 g/mol. The number of dihydropyridines is 1. The molecule has 0 saturated heterocycles. The number of nitrogens with zero attached hydrogens (tertiary/aromatic N) is 4. The van der Waals surface area contributed by atoms with E-state index in [9.17, 15) is 10.5 Å². The number of H-pyrrole nitrogens is 1. The quantitative estimate of drug-likeness (QED) is 0.428. The molecule has 4 N–H and O–H groups in total. The summed E-state index contributed by atoms with van der Waals surface area (Å²) in [5.74, 6) is 0.303. The van der Waals surface area contributed by atoms with Crippen molar-refractivity contribution >= 4 is 22.4 Å². The zero-order chi connectivity index (χ0) is 24.2. The molecule has 1 aliphatic rings. The molecule has 8 heteroatoms. The lowest BCUT2D eigenvalue weighted by Gasteiger charge is -2.26. The third-order valence-electron chi connectivity index (χ3n) is 6.19. The van der Waals surface area contributed by atoms with Crippen molar-refractivity contribution < 1.29 is 5.11 Å². The molecule has 0 aliphatic carbocycles. The van der Waals surface area contributed by atoms with Crippen LogP contribution in [-0.4, -0.2) is 35.5 Å². The lowest BCUT2D eigenvalue weighted by molar-refractivity contribution is 0.304. The number of aliphatic hydroxyl groups excluding tert-OH is 1. The second kappa shape index (κ2) is 9.70. The van der Waals surface area contributed by atoms with Gasteiger partial charge in [-0.3, -0.25) is 5.10 Å². The first kappa shape index (κ1) is 22.9. The van der Waals surface area contributed by atoms with Crippen molar-refractivity contribution in [3.8, 4) is 12.1 Å². The summed E-state index contributed by atoms with van der Waals surface area (Å²) in [7, 11) is 1.95. The molecule has 0 amide bonds. The minimum Gasteiger partial charge on any atom is -0.395 e. The summed E-state index contributed by atoms with van der Waals surface area (Å²) in [5.41, 5.74) is 6.52. The van der Waals surface area contributed by atoms with Crippen molar-refractivity contribution in [1.82, 2.24) is 15.5 Å². The first-order chi connectivity index (χ1) is 16.5. The van der Waals surface area contributed by atoms with Crippen molar-refractivity contribution in [1.29, 1.82) is 10.5 Å². The van der Waals surface area contributed by atoms with E-state index in [0.29, 0.717) is 30.1 Å². The Kier molecular flexibility index (Phi) is 6.53. The smallest absolute Gasteiger partial charge is 0.156 e. The van der Waals surface area contributed by atoms with Gasteiger partial charge in [0, 0.05) is 42.6 Å². The van der Waals surface area contributed by atoms with E-state index in [1.165, 1.54) is 0 Å². The van der Waals surface area contributed by atoms with Crippen LogP contribution in [0, 0.1) is 22.7 Å². The standard InChI is InChI=1S/C26H27N7O/c1-16-22(13-27)25(23(14-28)17(2)30-16)19-6-9-24-21(12-19)26(32-31-24)29-15-18-4-7-20(8-5-18)33(3)10-11-34/h4-9,12,25,30,34H,10-11,15H2,1-3H3,(H2,29,31,32). The van der Waals surface area contributed by atoms with Gasteiger partial charge in [-0.25, -0.2) is 0 Å². The molecule has 0 atom stereocenters. The van der Waals surface area contributed by atoms with Crippen LogP contribution >= 0.6 is 0 Å². The van der Waals surface area contributed by atoms with E-state index < -0.39 is 5.92 Å². The van der Waals surface area contributed by atoms with Gasteiger partial charge in [0.15, 0.2) is 5.82 Å². The van der Waals surface area contributed by atoms with Crippen LogP contribution in [0.15, 0.2) is 65.0 Å². The van der Waals surface area contributed by atoms with Crippen LogP contribution in [0.2, 0.25) is 0 Å². The molecule has 2 aromatic carbocycles. The Labute approximate surface area is 198 Å². The van der Waals surface area contributed by atoms with Gasteiger partial charge in [0.05, 0.1) is 41.3 Å². The molecule has 0 spiro atoms. The Morgan fingerprint density at radius 2 is 1.74 bits per heavy atom.